The van der Waals surface area contributed by atoms with Gasteiger partial charge in [0.25, 0.3) is 0 Å². The van der Waals surface area contributed by atoms with Crippen LogP contribution in [0.15, 0.2) is 48.8 Å². The molecule has 2 aromatic heterocycles. The Hall–Kier alpha value is -3.39. The van der Waals surface area contributed by atoms with E-state index in [1.165, 1.54) is 0 Å². The highest BCUT2D eigenvalue weighted by atomic mass is 16.5. The minimum absolute atomic E-state index is 0.0150. The molecule has 0 aliphatic rings. The third kappa shape index (κ3) is 4.62. The van der Waals surface area contributed by atoms with E-state index in [-0.39, 0.29) is 6.61 Å². The van der Waals surface area contributed by atoms with Crippen molar-refractivity contribution < 1.29 is 14.6 Å². The molecule has 8 heteroatoms. The number of nitrogens with zero attached hydrogens (tertiary/aromatic N) is 3. The van der Waals surface area contributed by atoms with Crippen LogP contribution in [0.5, 0.6) is 11.5 Å². The maximum Gasteiger partial charge on any atom is 0.225 e. The molecule has 27 heavy (non-hydrogen) atoms. The Balaban J connectivity index is 1.94. The van der Waals surface area contributed by atoms with Crippen molar-refractivity contribution in [2.75, 3.05) is 38.0 Å². The number of methoxy groups -OCH3 is 2. The van der Waals surface area contributed by atoms with Gasteiger partial charge in [-0.25, -0.2) is 4.98 Å². The highest BCUT2D eigenvalue weighted by Gasteiger charge is 2.09. The monoisotopic (exact) mass is 367 g/mol. The fourth-order valence-electron chi connectivity index (χ4n) is 2.48. The second-order valence-corrected chi connectivity index (χ2v) is 5.55. The van der Waals surface area contributed by atoms with Gasteiger partial charge in [0.2, 0.25) is 5.95 Å². The van der Waals surface area contributed by atoms with Crippen LogP contribution in [0, 0.1) is 0 Å². The second-order valence-electron chi connectivity index (χ2n) is 5.55. The van der Waals surface area contributed by atoms with Crippen molar-refractivity contribution in [3.8, 4) is 22.8 Å². The lowest BCUT2D eigenvalue weighted by molar-refractivity contribution is 0.311. The van der Waals surface area contributed by atoms with Crippen LogP contribution in [0.25, 0.3) is 11.3 Å². The number of pyridine rings is 1. The summed E-state index contributed by atoms with van der Waals surface area (Å²) in [5.74, 6) is 2.26. The number of benzene rings is 1. The molecule has 0 aliphatic carbocycles. The number of hydrogen-bond donors (Lipinski definition) is 3. The van der Waals surface area contributed by atoms with Crippen LogP contribution < -0.4 is 20.1 Å². The minimum Gasteiger partial charge on any atom is -0.493 e. The Kier molecular flexibility index (Phi) is 6.01. The molecule has 3 N–H and O–H groups in total. The van der Waals surface area contributed by atoms with Crippen LogP contribution >= 0.6 is 0 Å². The van der Waals surface area contributed by atoms with E-state index < -0.39 is 0 Å². The number of rotatable bonds is 8. The van der Waals surface area contributed by atoms with Gasteiger partial charge >= 0.3 is 0 Å². The van der Waals surface area contributed by atoms with E-state index >= 15 is 0 Å². The molecule has 3 rings (SSSR count). The summed E-state index contributed by atoms with van der Waals surface area (Å²) < 4.78 is 10.6. The van der Waals surface area contributed by atoms with Crippen molar-refractivity contribution in [1.82, 2.24) is 15.0 Å². The van der Waals surface area contributed by atoms with Crippen LogP contribution in [-0.4, -0.2) is 47.4 Å². The first kappa shape index (κ1) is 18.4. The number of aliphatic hydroxyl groups is 1. The number of anilines is 3. The molecule has 1 aromatic carbocycles. The fraction of sp³-hybridized carbons (Fsp3) is 0.211. The van der Waals surface area contributed by atoms with Gasteiger partial charge in [0, 0.05) is 42.3 Å². The molecule has 0 atom stereocenters. The standard InChI is InChI=1S/C19H21N5O3/c1-26-16-6-5-14(10-17(16)27-2)22-18-11-15(13-4-3-7-20-12-13)23-19(24-18)21-8-9-25/h3-7,10-12,25H,8-9H2,1-2H3,(H2,21,22,23,24). The zero-order valence-corrected chi connectivity index (χ0v) is 15.1. The Morgan fingerprint density at radius 1 is 1.04 bits per heavy atom. The molecule has 0 radical (unpaired) electrons. The average molecular weight is 367 g/mol. The predicted octanol–water partition coefficient (Wildman–Crippen LogP) is 2.70. The molecule has 0 saturated carbocycles. The summed E-state index contributed by atoms with van der Waals surface area (Å²) in [4.78, 5) is 13.1. The van der Waals surface area contributed by atoms with Gasteiger partial charge < -0.3 is 25.2 Å². The Labute approximate surface area is 157 Å². The van der Waals surface area contributed by atoms with Gasteiger partial charge in [-0.1, -0.05) is 0 Å². The van der Waals surface area contributed by atoms with E-state index in [0.717, 1.165) is 11.3 Å². The predicted molar refractivity (Wildman–Crippen MR) is 104 cm³/mol. The molecule has 0 unspecified atom stereocenters. The molecular formula is C19H21N5O3. The summed E-state index contributed by atoms with van der Waals surface area (Å²) in [5.41, 5.74) is 2.36. The smallest absolute Gasteiger partial charge is 0.225 e. The molecule has 0 bridgehead atoms. The van der Waals surface area contributed by atoms with E-state index in [1.807, 2.05) is 36.4 Å². The first-order chi connectivity index (χ1) is 13.2. The fourth-order valence-corrected chi connectivity index (χ4v) is 2.48. The van der Waals surface area contributed by atoms with Crippen LogP contribution in [0.3, 0.4) is 0 Å². The minimum atomic E-state index is -0.0150. The third-order valence-electron chi connectivity index (χ3n) is 3.73. The molecule has 0 amide bonds. The molecule has 0 aliphatic heterocycles. The highest BCUT2D eigenvalue weighted by Crippen LogP contribution is 2.31. The SMILES string of the molecule is COc1ccc(Nc2cc(-c3cccnc3)nc(NCCO)n2)cc1OC. The van der Waals surface area contributed by atoms with Crippen molar-refractivity contribution in [2.24, 2.45) is 0 Å². The zero-order valence-electron chi connectivity index (χ0n) is 15.1. The molecule has 140 valence electrons. The quantitative estimate of drug-likeness (QED) is 0.559. The van der Waals surface area contributed by atoms with E-state index in [2.05, 4.69) is 25.6 Å². The van der Waals surface area contributed by atoms with Crippen LogP contribution in [0.2, 0.25) is 0 Å². The number of ether oxygens (including phenoxy) is 2. The van der Waals surface area contributed by atoms with Crippen LogP contribution in [0.4, 0.5) is 17.5 Å². The lowest BCUT2D eigenvalue weighted by atomic mass is 10.2. The lowest BCUT2D eigenvalue weighted by Gasteiger charge is -2.13. The Bertz CT molecular complexity index is 890. The van der Waals surface area contributed by atoms with E-state index in [4.69, 9.17) is 14.6 Å². The molecule has 0 spiro atoms. The summed E-state index contributed by atoms with van der Waals surface area (Å²) >= 11 is 0. The van der Waals surface area contributed by atoms with Crippen molar-refractivity contribution in [3.63, 3.8) is 0 Å². The van der Waals surface area contributed by atoms with Gasteiger partial charge in [-0.15, -0.1) is 0 Å². The number of hydrogen-bond acceptors (Lipinski definition) is 8. The van der Waals surface area contributed by atoms with Crippen molar-refractivity contribution in [2.45, 2.75) is 0 Å². The first-order valence-corrected chi connectivity index (χ1v) is 8.36. The average Bonchev–Trinajstić information content (AvgIpc) is 2.72. The molecule has 3 aromatic rings. The van der Waals surface area contributed by atoms with Gasteiger partial charge in [0.05, 0.1) is 26.5 Å². The van der Waals surface area contributed by atoms with E-state index in [0.29, 0.717) is 35.5 Å². The van der Waals surface area contributed by atoms with Crippen molar-refractivity contribution in [3.05, 3.63) is 48.8 Å². The summed E-state index contributed by atoms with van der Waals surface area (Å²) in [5, 5.41) is 15.3. The summed E-state index contributed by atoms with van der Waals surface area (Å²) in [6, 6.07) is 11.1. The normalized spacial score (nSPS) is 10.3. The largest absolute Gasteiger partial charge is 0.493 e. The maximum atomic E-state index is 9.06. The zero-order chi connectivity index (χ0) is 19.1. The summed E-state index contributed by atoms with van der Waals surface area (Å²) in [6.45, 7) is 0.339. The molecular weight excluding hydrogens is 346 g/mol. The first-order valence-electron chi connectivity index (χ1n) is 8.36. The van der Waals surface area contributed by atoms with Crippen molar-refractivity contribution >= 4 is 17.5 Å². The molecule has 0 fully saturated rings. The molecule has 0 saturated heterocycles. The highest BCUT2D eigenvalue weighted by molar-refractivity contribution is 5.68. The van der Waals surface area contributed by atoms with Crippen LogP contribution in [0.1, 0.15) is 0 Å². The van der Waals surface area contributed by atoms with E-state index in [9.17, 15) is 0 Å². The lowest BCUT2D eigenvalue weighted by Crippen LogP contribution is -2.10. The molecule has 2 heterocycles. The van der Waals surface area contributed by atoms with Gasteiger partial charge in [0.15, 0.2) is 11.5 Å². The van der Waals surface area contributed by atoms with Gasteiger partial charge in [-0.3, -0.25) is 4.98 Å². The van der Waals surface area contributed by atoms with E-state index in [1.54, 1.807) is 26.6 Å². The third-order valence-corrected chi connectivity index (χ3v) is 3.73. The summed E-state index contributed by atoms with van der Waals surface area (Å²) in [7, 11) is 3.18. The summed E-state index contributed by atoms with van der Waals surface area (Å²) in [6.07, 6.45) is 3.44. The Morgan fingerprint density at radius 3 is 2.59 bits per heavy atom. The maximum absolute atomic E-state index is 9.06. The second kappa shape index (κ2) is 8.81. The van der Waals surface area contributed by atoms with Crippen LogP contribution in [-0.2, 0) is 0 Å². The molecule has 8 nitrogen and oxygen atoms in total. The number of aromatic nitrogens is 3. The van der Waals surface area contributed by atoms with Gasteiger partial charge in [0.1, 0.15) is 5.82 Å². The number of aliphatic hydroxyl groups excluding tert-OH is 1. The van der Waals surface area contributed by atoms with Gasteiger partial charge in [-0.05, 0) is 24.3 Å². The van der Waals surface area contributed by atoms with Gasteiger partial charge in [-0.2, -0.15) is 4.98 Å². The number of nitrogens with one attached hydrogen (secondary N) is 2. The Morgan fingerprint density at radius 2 is 1.89 bits per heavy atom. The van der Waals surface area contributed by atoms with Crippen molar-refractivity contribution in [1.29, 1.82) is 0 Å². The topological polar surface area (TPSA) is 101 Å².